The molecule has 0 aliphatic rings. The molecule has 0 radical (unpaired) electrons. The number of anilines is 1. The monoisotopic (exact) mass is 247 g/mol. The molecule has 70 valence electrons. The second-order valence-electron chi connectivity index (χ2n) is 2.35. The van der Waals surface area contributed by atoms with E-state index in [9.17, 15) is 9.18 Å². The van der Waals surface area contributed by atoms with Crippen LogP contribution in [0, 0.1) is 5.82 Å². The molecule has 0 aliphatic heterocycles. The van der Waals surface area contributed by atoms with E-state index in [4.69, 9.17) is 5.73 Å². The first-order valence-corrected chi connectivity index (χ1v) is 4.18. The second-order valence-corrected chi connectivity index (χ2v) is 3.21. The second kappa shape index (κ2) is 3.74. The van der Waals surface area contributed by atoms with E-state index in [0.29, 0.717) is 0 Å². The normalized spacial score (nSPS) is 9.77. The summed E-state index contributed by atoms with van der Waals surface area (Å²) >= 11 is 2.93. The summed E-state index contributed by atoms with van der Waals surface area (Å²) in [4.78, 5) is 11.0. The maximum Gasteiger partial charge on any atom is 0.337 e. The zero-order chi connectivity index (χ0) is 10.0. The summed E-state index contributed by atoms with van der Waals surface area (Å²) in [6.45, 7) is 0. The van der Waals surface area contributed by atoms with Crippen molar-refractivity contribution in [3.8, 4) is 0 Å². The summed E-state index contributed by atoms with van der Waals surface area (Å²) in [5.74, 6) is -1.12. The Morgan fingerprint density at radius 3 is 2.69 bits per heavy atom. The lowest BCUT2D eigenvalue weighted by Gasteiger charge is -2.03. The summed E-state index contributed by atoms with van der Waals surface area (Å²) in [5.41, 5.74) is 5.43. The van der Waals surface area contributed by atoms with Gasteiger partial charge in [-0.25, -0.2) is 9.18 Å². The molecule has 1 aromatic rings. The van der Waals surface area contributed by atoms with Crippen LogP contribution in [0.15, 0.2) is 16.6 Å². The minimum atomic E-state index is -0.576. The Bertz CT molecular complexity index is 331. The SMILES string of the molecule is COC(=O)c1cc(N)c(F)c(Br)c1. The molecule has 0 atom stereocenters. The number of halogens is 2. The lowest BCUT2D eigenvalue weighted by Crippen LogP contribution is -2.03. The summed E-state index contributed by atoms with van der Waals surface area (Å²) in [7, 11) is 1.25. The van der Waals surface area contributed by atoms with Gasteiger partial charge in [-0.2, -0.15) is 0 Å². The molecular formula is C8H7BrFNO2. The van der Waals surface area contributed by atoms with Crippen molar-refractivity contribution in [3.63, 3.8) is 0 Å². The van der Waals surface area contributed by atoms with Crippen LogP contribution >= 0.6 is 15.9 Å². The molecule has 0 bridgehead atoms. The average Bonchev–Trinajstić information content (AvgIpc) is 2.12. The van der Waals surface area contributed by atoms with Gasteiger partial charge in [0.1, 0.15) is 0 Å². The van der Waals surface area contributed by atoms with Gasteiger partial charge in [0.2, 0.25) is 0 Å². The smallest absolute Gasteiger partial charge is 0.337 e. The Hall–Kier alpha value is -1.10. The number of rotatable bonds is 1. The van der Waals surface area contributed by atoms with Gasteiger partial charge in [-0.1, -0.05) is 0 Å². The maximum absolute atomic E-state index is 13.0. The number of hydrogen-bond acceptors (Lipinski definition) is 3. The minimum absolute atomic E-state index is 0.0882. The van der Waals surface area contributed by atoms with E-state index >= 15 is 0 Å². The van der Waals surface area contributed by atoms with Gasteiger partial charge in [0.15, 0.2) is 5.82 Å². The van der Waals surface area contributed by atoms with Crippen LogP contribution in [-0.4, -0.2) is 13.1 Å². The molecule has 0 fully saturated rings. The number of carbonyl (C=O) groups excluding carboxylic acids is 1. The first-order valence-electron chi connectivity index (χ1n) is 3.39. The maximum atomic E-state index is 13.0. The Balaban J connectivity index is 3.20. The highest BCUT2D eigenvalue weighted by Gasteiger charge is 2.11. The third kappa shape index (κ3) is 1.98. The van der Waals surface area contributed by atoms with Crippen molar-refractivity contribution in [1.29, 1.82) is 0 Å². The molecule has 0 spiro atoms. The topological polar surface area (TPSA) is 52.3 Å². The number of methoxy groups -OCH3 is 1. The van der Waals surface area contributed by atoms with Crippen molar-refractivity contribution in [2.75, 3.05) is 12.8 Å². The predicted molar refractivity (Wildman–Crippen MR) is 49.9 cm³/mol. The van der Waals surface area contributed by atoms with Crippen LogP contribution in [0.5, 0.6) is 0 Å². The van der Waals surface area contributed by atoms with Crippen molar-refractivity contribution in [3.05, 3.63) is 28.0 Å². The van der Waals surface area contributed by atoms with Gasteiger partial charge in [-0.05, 0) is 28.1 Å². The molecular weight excluding hydrogens is 241 g/mol. The van der Waals surface area contributed by atoms with E-state index in [1.807, 2.05) is 0 Å². The number of carbonyl (C=O) groups is 1. The molecule has 2 N–H and O–H groups in total. The standard InChI is InChI=1S/C8H7BrFNO2/c1-13-8(12)4-2-5(9)7(10)6(11)3-4/h2-3H,11H2,1H3. The average molecular weight is 248 g/mol. The third-order valence-electron chi connectivity index (χ3n) is 1.48. The van der Waals surface area contributed by atoms with Gasteiger partial charge in [0.05, 0.1) is 22.8 Å². The molecule has 1 aromatic carbocycles. The molecule has 0 saturated heterocycles. The van der Waals surface area contributed by atoms with Crippen molar-refractivity contribution in [1.82, 2.24) is 0 Å². The Morgan fingerprint density at radius 2 is 2.23 bits per heavy atom. The summed E-state index contributed by atoms with van der Waals surface area (Å²) in [6, 6.07) is 2.55. The lowest BCUT2D eigenvalue weighted by atomic mass is 10.2. The molecule has 1 rings (SSSR count). The molecule has 13 heavy (non-hydrogen) atoms. The number of esters is 1. The number of nitrogens with two attached hydrogens (primary N) is 1. The fourth-order valence-electron chi connectivity index (χ4n) is 0.846. The summed E-state index contributed by atoms with van der Waals surface area (Å²) in [6.07, 6.45) is 0. The first-order chi connectivity index (χ1) is 6.06. The van der Waals surface area contributed by atoms with Crippen molar-refractivity contribution in [2.45, 2.75) is 0 Å². The van der Waals surface area contributed by atoms with Crippen LogP contribution in [0.3, 0.4) is 0 Å². The fourth-order valence-corrected chi connectivity index (χ4v) is 1.32. The van der Waals surface area contributed by atoms with Gasteiger partial charge >= 0.3 is 5.97 Å². The molecule has 3 nitrogen and oxygen atoms in total. The zero-order valence-electron chi connectivity index (χ0n) is 6.80. The molecule has 0 amide bonds. The van der Waals surface area contributed by atoms with Crippen LogP contribution in [0.4, 0.5) is 10.1 Å². The molecule has 5 heteroatoms. The van der Waals surface area contributed by atoms with Gasteiger partial charge in [-0.15, -0.1) is 0 Å². The van der Waals surface area contributed by atoms with Crippen LogP contribution in [-0.2, 0) is 4.74 Å². The minimum Gasteiger partial charge on any atom is -0.465 e. The highest BCUT2D eigenvalue weighted by atomic mass is 79.9. The Kier molecular flexibility index (Phi) is 2.87. The number of hydrogen-bond donors (Lipinski definition) is 1. The summed E-state index contributed by atoms with van der Waals surface area (Å²) < 4.78 is 17.5. The number of benzene rings is 1. The van der Waals surface area contributed by atoms with Gasteiger partial charge in [0.25, 0.3) is 0 Å². The predicted octanol–water partition coefficient (Wildman–Crippen LogP) is 1.96. The van der Waals surface area contributed by atoms with Crippen molar-refractivity contribution >= 4 is 27.6 Å². The van der Waals surface area contributed by atoms with Crippen molar-refractivity contribution in [2.24, 2.45) is 0 Å². The largest absolute Gasteiger partial charge is 0.465 e. The molecule has 0 unspecified atom stereocenters. The van der Waals surface area contributed by atoms with Crippen LogP contribution in [0.2, 0.25) is 0 Å². The number of nitrogen functional groups attached to an aromatic ring is 1. The zero-order valence-corrected chi connectivity index (χ0v) is 8.39. The van der Waals surface area contributed by atoms with E-state index in [-0.39, 0.29) is 15.7 Å². The lowest BCUT2D eigenvalue weighted by molar-refractivity contribution is 0.0600. The van der Waals surface area contributed by atoms with E-state index in [2.05, 4.69) is 20.7 Å². The Labute approximate surface area is 82.8 Å². The Morgan fingerprint density at radius 1 is 1.62 bits per heavy atom. The van der Waals surface area contributed by atoms with Crippen LogP contribution < -0.4 is 5.73 Å². The molecule has 0 heterocycles. The van der Waals surface area contributed by atoms with Crippen LogP contribution in [0.1, 0.15) is 10.4 Å². The third-order valence-corrected chi connectivity index (χ3v) is 2.05. The van der Waals surface area contributed by atoms with E-state index < -0.39 is 11.8 Å². The highest BCUT2D eigenvalue weighted by molar-refractivity contribution is 9.10. The summed E-state index contributed by atoms with van der Waals surface area (Å²) in [5, 5.41) is 0. The fraction of sp³-hybridized carbons (Fsp3) is 0.125. The molecule has 0 aromatic heterocycles. The van der Waals surface area contributed by atoms with E-state index in [1.54, 1.807) is 0 Å². The highest BCUT2D eigenvalue weighted by Crippen LogP contribution is 2.23. The van der Waals surface area contributed by atoms with Gasteiger partial charge in [0, 0.05) is 0 Å². The van der Waals surface area contributed by atoms with Gasteiger partial charge < -0.3 is 10.5 Å². The first kappa shape index (κ1) is 9.98. The van der Waals surface area contributed by atoms with Gasteiger partial charge in [-0.3, -0.25) is 0 Å². The quantitative estimate of drug-likeness (QED) is 0.610. The van der Waals surface area contributed by atoms with E-state index in [0.717, 1.165) is 0 Å². The van der Waals surface area contributed by atoms with Crippen molar-refractivity contribution < 1.29 is 13.9 Å². The number of ether oxygens (including phenoxy) is 1. The molecule has 0 aliphatic carbocycles. The van der Waals surface area contributed by atoms with Crippen LogP contribution in [0.25, 0.3) is 0 Å². The van der Waals surface area contributed by atoms with E-state index in [1.165, 1.54) is 19.2 Å². The molecule has 0 saturated carbocycles.